The van der Waals surface area contributed by atoms with E-state index in [0.717, 1.165) is 16.7 Å². The SMILES string of the molecule is C=C(NC(C)=NC=CC(CC(=Nc1cc(C)ccc1C)C(F)(F)F)N=CC)c1ccncc1C. The standard InChI is InChI=1S/C26H30F3N5/c1-7-31-22(10-13-32-21(6)33-20(5)23-11-12-30-16-19(23)4)15-25(26(27,28)29)34-24-14-17(2)8-9-18(24)3/h7-14,16,22H,5,15H2,1-4,6H3,(H,32,33). The fourth-order valence-electron chi connectivity index (χ4n) is 3.15. The number of rotatable bonds is 8. The maximum atomic E-state index is 13.8. The molecule has 0 aliphatic carbocycles. The summed E-state index contributed by atoms with van der Waals surface area (Å²) in [5.41, 5.74) is 3.45. The second kappa shape index (κ2) is 12.1. The number of alkyl halides is 3. The van der Waals surface area contributed by atoms with Crippen molar-refractivity contribution in [3.8, 4) is 0 Å². The molecule has 1 aromatic carbocycles. The van der Waals surface area contributed by atoms with Crippen molar-refractivity contribution in [2.75, 3.05) is 0 Å². The number of aliphatic imine (C=N–C) groups is 3. The Labute approximate surface area is 199 Å². The van der Waals surface area contributed by atoms with Crippen LogP contribution in [0.4, 0.5) is 18.9 Å². The topological polar surface area (TPSA) is 62.0 Å². The molecule has 180 valence electrons. The highest BCUT2D eigenvalue weighted by atomic mass is 19.4. The van der Waals surface area contributed by atoms with Crippen LogP contribution in [0, 0.1) is 20.8 Å². The van der Waals surface area contributed by atoms with Gasteiger partial charge in [0.15, 0.2) is 0 Å². The highest BCUT2D eigenvalue weighted by molar-refractivity contribution is 5.93. The maximum absolute atomic E-state index is 13.8. The number of aryl methyl sites for hydroxylation is 3. The van der Waals surface area contributed by atoms with Gasteiger partial charge in [0, 0.05) is 36.3 Å². The molecule has 1 heterocycles. The van der Waals surface area contributed by atoms with E-state index in [1.807, 2.05) is 26.0 Å². The van der Waals surface area contributed by atoms with Gasteiger partial charge in [-0.3, -0.25) is 9.98 Å². The first-order valence-electron chi connectivity index (χ1n) is 10.8. The molecular weight excluding hydrogens is 439 g/mol. The molecule has 1 N–H and O–H groups in total. The molecule has 0 spiro atoms. The Hall–Kier alpha value is -3.55. The monoisotopic (exact) mass is 469 g/mol. The quantitative estimate of drug-likeness (QED) is 0.346. The lowest BCUT2D eigenvalue weighted by Crippen LogP contribution is -2.26. The summed E-state index contributed by atoms with van der Waals surface area (Å²) in [5.74, 6) is 0.539. The molecule has 2 aromatic rings. The van der Waals surface area contributed by atoms with Gasteiger partial charge in [-0.1, -0.05) is 18.7 Å². The molecule has 8 heteroatoms. The zero-order valence-corrected chi connectivity index (χ0v) is 20.1. The van der Waals surface area contributed by atoms with Crippen molar-refractivity contribution in [1.29, 1.82) is 0 Å². The molecule has 1 unspecified atom stereocenters. The average molecular weight is 470 g/mol. The second-order valence-corrected chi connectivity index (χ2v) is 7.88. The summed E-state index contributed by atoms with van der Waals surface area (Å²) < 4.78 is 41.3. The van der Waals surface area contributed by atoms with Crippen molar-refractivity contribution in [3.05, 3.63) is 77.8 Å². The van der Waals surface area contributed by atoms with Crippen LogP contribution in [0.15, 0.2) is 70.5 Å². The lowest BCUT2D eigenvalue weighted by molar-refractivity contribution is -0.0605. The smallest absolute Gasteiger partial charge is 0.344 e. The molecule has 1 aromatic heterocycles. The van der Waals surface area contributed by atoms with E-state index in [9.17, 15) is 13.2 Å². The third-order valence-corrected chi connectivity index (χ3v) is 4.94. The van der Waals surface area contributed by atoms with Crippen LogP contribution in [0.5, 0.6) is 0 Å². The van der Waals surface area contributed by atoms with E-state index < -0.39 is 24.4 Å². The zero-order valence-electron chi connectivity index (χ0n) is 20.1. The van der Waals surface area contributed by atoms with Crippen LogP contribution < -0.4 is 5.32 Å². The van der Waals surface area contributed by atoms with Crippen LogP contribution in [0.1, 0.15) is 42.5 Å². The van der Waals surface area contributed by atoms with Crippen LogP contribution in [0.2, 0.25) is 0 Å². The number of halogens is 3. The molecular formula is C26H30F3N5. The van der Waals surface area contributed by atoms with Crippen LogP contribution >= 0.6 is 0 Å². The summed E-state index contributed by atoms with van der Waals surface area (Å²) >= 11 is 0. The highest BCUT2D eigenvalue weighted by Crippen LogP contribution is 2.27. The minimum Gasteiger partial charge on any atom is -0.344 e. The lowest BCUT2D eigenvalue weighted by Gasteiger charge is -2.15. The number of nitrogens with zero attached hydrogens (tertiary/aromatic N) is 4. The minimum atomic E-state index is -4.58. The normalized spacial score (nSPS) is 14.1. The van der Waals surface area contributed by atoms with Crippen molar-refractivity contribution in [1.82, 2.24) is 10.3 Å². The number of hydrogen-bond donors (Lipinski definition) is 1. The molecule has 5 nitrogen and oxygen atoms in total. The summed E-state index contributed by atoms with van der Waals surface area (Å²) in [7, 11) is 0. The van der Waals surface area contributed by atoms with Gasteiger partial charge in [0.1, 0.15) is 11.5 Å². The fourth-order valence-corrected chi connectivity index (χ4v) is 3.15. The Balaban J connectivity index is 2.20. The summed E-state index contributed by atoms with van der Waals surface area (Å²) in [4.78, 5) is 16.5. The van der Waals surface area contributed by atoms with Crippen LogP contribution in [-0.4, -0.2) is 35.0 Å². The predicted octanol–water partition coefficient (Wildman–Crippen LogP) is 6.68. The Kier molecular flexibility index (Phi) is 9.47. The molecule has 0 aliphatic rings. The van der Waals surface area contributed by atoms with E-state index in [2.05, 4.69) is 31.9 Å². The third-order valence-electron chi connectivity index (χ3n) is 4.94. The number of nitrogens with one attached hydrogen (secondary N) is 1. The lowest BCUT2D eigenvalue weighted by atomic mass is 10.1. The van der Waals surface area contributed by atoms with E-state index >= 15 is 0 Å². The van der Waals surface area contributed by atoms with Crippen LogP contribution in [0.3, 0.4) is 0 Å². The highest BCUT2D eigenvalue weighted by Gasteiger charge is 2.36. The first-order valence-corrected chi connectivity index (χ1v) is 10.8. The first kappa shape index (κ1) is 26.7. The average Bonchev–Trinajstić information content (AvgIpc) is 2.75. The Bertz CT molecular complexity index is 1130. The Morgan fingerprint density at radius 1 is 1.18 bits per heavy atom. The third kappa shape index (κ3) is 8.10. The van der Waals surface area contributed by atoms with Crippen molar-refractivity contribution >= 4 is 29.1 Å². The van der Waals surface area contributed by atoms with Gasteiger partial charge in [-0.2, -0.15) is 13.2 Å². The maximum Gasteiger partial charge on any atom is 0.429 e. The molecule has 0 saturated heterocycles. The fraction of sp³-hybridized carbons (Fsp3) is 0.308. The molecule has 34 heavy (non-hydrogen) atoms. The number of aromatic nitrogens is 1. The number of hydrogen-bond acceptors (Lipinski definition) is 4. The molecule has 0 aliphatic heterocycles. The number of benzene rings is 1. The molecule has 0 bridgehead atoms. The summed E-state index contributed by atoms with van der Waals surface area (Å²) in [6, 6.07) is 6.32. The van der Waals surface area contributed by atoms with Gasteiger partial charge in [0.05, 0.1) is 11.7 Å². The molecule has 1 atom stereocenters. The summed E-state index contributed by atoms with van der Waals surface area (Å²) in [6.45, 7) is 12.9. The number of amidine groups is 1. The van der Waals surface area contributed by atoms with E-state index in [0.29, 0.717) is 22.8 Å². The van der Waals surface area contributed by atoms with Gasteiger partial charge in [0.25, 0.3) is 0 Å². The van der Waals surface area contributed by atoms with Crippen molar-refractivity contribution in [2.45, 2.75) is 53.3 Å². The van der Waals surface area contributed by atoms with Crippen LogP contribution in [-0.2, 0) is 0 Å². The summed E-state index contributed by atoms with van der Waals surface area (Å²) in [5, 5.41) is 3.09. The number of pyridine rings is 1. The van der Waals surface area contributed by atoms with Crippen LogP contribution in [0.25, 0.3) is 5.70 Å². The van der Waals surface area contributed by atoms with Gasteiger partial charge in [-0.05, 0) is 75.7 Å². The molecule has 0 fully saturated rings. The Morgan fingerprint density at radius 2 is 1.91 bits per heavy atom. The van der Waals surface area contributed by atoms with Gasteiger partial charge < -0.3 is 5.32 Å². The van der Waals surface area contributed by atoms with E-state index in [-0.39, 0.29) is 0 Å². The van der Waals surface area contributed by atoms with E-state index in [1.54, 1.807) is 45.3 Å². The predicted molar refractivity (Wildman–Crippen MR) is 135 cm³/mol. The van der Waals surface area contributed by atoms with Crippen molar-refractivity contribution in [2.24, 2.45) is 15.0 Å². The second-order valence-electron chi connectivity index (χ2n) is 7.88. The molecule has 0 saturated carbocycles. The van der Waals surface area contributed by atoms with E-state index in [1.165, 1.54) is 18.5 Å². The molecule has 0 radical (unpaired) electrons. The first-order chi connectivity index (χ1) is 16.0. The van der Waals surface area contributed by atoms with Gasteiger partial charge >= 0.3 is 6.18 Å². The largest absolute Gasteiger partial charge is 0.429 e. The summed E-state index contributed by atoms with van der Waals surface area (Å²) in [6.07, 6.45) is 2.88. The zero-order chi connectivity index (χ0) is 25.3. The molecule has 2 rings (SSSR count). The van der Waals surface area contributed by atoms with Gasteiger partial charge in [-0.25, -0.2) is 9.98 Å². The van der Waals surface area contributed by atoms with Gasteiger partial charge in [-0.15, -0.1) is 0 Å². The van der Waals surface area contributed by atoms with Gasteiger partial charge in [0.2, 0.25) is 0 Å². The van der Waals surface area contributed by atoms with E-state index in [4.69, 9.17) is 0 Å². The van der Waals surface area contributed by atoms with Crippen molar-refractivity contribution in [3.63, 3.8) is 0 Å². The molecule has 0 amide bonds. The van der Waals surface area contributed by atoms with Crippen molar-refractivity contribution < 1.29 is 13.2 Å². The Morgan fingerprint density at radius 3 is 2.56 bits per heavy atom. The minimum absolute atomic E-state index is 0.304.